The molecule has 8 amide bonds. The van der Waals surface area contributed by atoms with Crippen molar-refractivity contribution in [3.63, 3.8) is 0 Å². The maximum atomic E-state index is 14.5. The highest BCUT2D eigenvalue weighted by Gasteiger charge is 2.49. The van der Waals surface area contributed by atoms with E-state index in [1.165, 1.54) is 65.3 Å². The van der Waals surface area contributed by atoms with Gasteiger partial charge in [-0.3, -0.25) is 34.1 Å². The lowest BCUT2D eigenvalue weighted by Gasteiger charge is -2.43. The number of allylic oxidation sites excluding steroid dienone is 3. The maximum absolute atomic E-state index is 14.5. The largest absolute Gasteiger partial charge is 0.495 e. The van der Waals surface area contributed by atoms with Gasteiger partial charge >= 0.3 is 24.1 Å². The number of amides is 8. The first-order valence-corrected chi connectivity index (χ1v) is 31.8. The van der Waals surface area contributed by atoms with Crippen LogP contribution in [0.4, 0.5) is 21.0 Å². The van der Waals surface area contributed by atoms with Gasteiger partial charge < -0.3 is 70.7 Å². The minimum absolute atomic E-state index is 0.00830. The number of anilines is 2. The predicted molar refractivity (Wildman–Crippen MR) is 338 cm³/mol. The molecule has 0 aromatic heterocycles. The molecule has 2 aliphatic heterocycles. The van der Waals surface area contributed by atoms with E-state index in [1.54, 1.807) is 64.1 Å². The summed E-state index contributed by atoms with van der Waals surface area (Å²) in [4.78, 5) is 124. The van der Waals surface area contributed by atoms with Gasteiger partial charge in [0.1, 0.15) is 47.2 Å². The molecule has 2 aromatic rings. The van der Waals surface area contributed by atoms with E-state index in [0.29, 0.717) is 41.9 Å². The van der Waals surface area contributed by atoms with Crippen molar-refractivity contribution in [1.29, 1.82) is 0 Å². The fourth-order valence-electron chi connectivity index (χ4n) is 10.0. The summed E-state index contributed by atoms with van der Waals surface area (Å²) >= 11 is 13.5. The number of halogens is 3. The Morgan fingerprint density at radius 3 is 2.27 bits per heavy atom. The third-order valence-electron chi connectivity index (χ3n) is 15.7. The van der Waals surface area contributed by atoms with Gasteiger partial charge in [-0.2, -0.15) is 0 Å². The Kier molecular flexibility index (Phi) is 29.6. The van der Waals surface area contributed by atoms with Crippen molar-refractivity contribution in [2.24, 2.45) is 29.4 Å². The number of alkyl halides is 2. The zero-order chi connectivity index (χ0) is 65.7. The number of alkyl carbamates (subject to hydrolysis) is 1. The number of aliphatic hydroxyl groups is 2. The summed E-state index contributed by atoms with van der Waals surface area (Å²) in [5, 5.41) is 38.2. The topological polar surface area (TPSA) is 333 Å². The van der Waals surface area contributed by atoms with Crippen LogP contribution in [0.2, 0.25) is 5.02 Å². The Labute approximate surface area is 536 Å². The SMILES string of the molecule is COc1cc2cc(c1Cl)N(C)C(=O)C[C@H](OC(=O)[C@H](C)N(C)C(=O)c1ccccc1NC(=O)[C@H](CCCNC(N)=O)NC(=O)[C@@H](NC(=O)CCCCC(C)OC(=O)C(CBr)CBr)C(C)C)[C@@H](C)[C@@H](O)[C@H](C)[C@@H]1C[C@@](O)(NC(=O)O1)[C@H](OC)/C=C/C=C(\C)C2. The first-order chi connectivity index (χ1) is 41.5. The fourth-order valence-corrected chi connectivity index (χ4v) is 11.9. The molecule has 0 radical (unpaired) electrons. The zero-order valence-electron chi connectivity index (χ0n) is 51.8. The number of esters is 2. The summed E-state index contributed by atoms with van der Waals surface area (Å²) in [6.45, 7) is 11.6. The standard InChI is InChI=1S/C61H87Br2ClN8O16/c1-33(2)52(69-49(73)24-15-12-19-35(4)86-58(80)40(31-62)32-63)55(77)68-43(22-17-25-66-59(65)81)54(76)67-42-21-14-13-20-41(42)56(78)71(8)38(7)57(79)87-45-29-50(74)72(9)44-27-39(28-46(84-10)51(44)64)26-34(3)18-16-23-48(85-11)61(83)30-47(88-60(82)70-61)37(6)53(75)36(45)5/h13-14,16,18,20-21,23,27-28,33,35-38,40,43,45,47-48,52-53,75,83H,12,15,17,19,22,24-26,29-32H2,1-11H3,(H,67,76)(H,68,77)(H,69,73)(H,70,82)(H3,65,66,81)/b23-16+,34-18+/t35?,36-,37-,38+,43+,45+,47+,48-,52+,53-,61+/m1/s1. The number of methoxy groups -OCH3 is 2. The monoisotopic (exact) mass is 1380 g/mol. The Hall–Kier alpha value is -6.32. The van der Waals surface area contributed by atoms with Crippen LogP contribution in [-0.4, -0.2) is 169 Å². The van der Waals surface area contributed by atoms with Crippen molar-refractivity contribution in [1.82, 2.24) is 26.2 Å². The lowest BCUT2D eigenvalue weighted by atomic mass is 9.81. The Balaban J connectivity index is 1.59. The molecule has 9 N–H and O–H groups in total. The predicted octanol–water partition coefficient (Wildman–Crippen LogP) is 6.58. The molecule has 0 saturated carbocycles. The van der Waals surface area contributed by atoms with E-state index in [0.717, 1.165) is 10.5 Å². The number of fused-ring (bicyclic) bond motifs is 4. The third kappa shape index (κ3) is 21.2. The number of likely N-dealkylation sites (N-methyl/N-ethyl adjacent to an activating group) is 1. The van der Waals surface area contributed by atoms with Gasteiger partial charge in [-0.15, -0.1) is 0 Å². The molecule has 11 atom stereocenters. The summed E-state index contributed by atoms with van der Waals surface area (Å²) in [7, 11) is 5.60. The molecule has 1 saturated heterocycles. The van der Waals surface area contributed by atoms with E-state index >= 15 is 0 Å². The Bertz CT molecular complexity index is 2840. The fraction of sp³-hybridized carbons (Fsp3) is 0.590. The van der Waals surface area contributed by atoms with Crippen molar-refractivity contribution in [2.75, 3.05) is 55.7 Å². The molecule has 2 aliphatic rings. The van der Waals surface area contributed by atoms with Gasteiger partial charge in [0.25, 0.3) is 5.91 Å². The number of nitrogens with one attached hydrogen (secondary N) is 5. The molecule has 4 rings (SSSR count). The molecule has 0 spiro atoms. The van der Waals surface area contributed by atoms with Crippen LogP contribution >= 0.6 is 43.5 Å². The van der Waals surface area contributed by atoms with Crippen LogP contribution in [-0.2, 0) is 54.1 Å². The van der Waals surface area contributed by atoms with Gasteiger partial charge in [-0.05, 0) is 95.0 Å². The average Bonchev–Trinajstić information content (AvgIpc) is 1.93. The number of para-hydroxylation sites is 1. The number of carbonyl (C=O) groups is 9. The molecule has 4 bridgehead atoms. The number of hydrogen-bond acceptors (Lipinski definition) is 16. The van der Waals surface area contributed by atoms with Gasteiger partial charge in [0, 0.05) is 63.1 Å². The van der Waals surface area contributed by atoms with Crippen molar-refractivity contribution >= 4 is 108 Å². The van der Waals surface area contributed by atoms with E-state index < -0.39 is 120 Å². The highest BCUT2D eigenvalue weighted by Crippen LogP contribution is 2.38. The van der Waals surface area contributed by atoms with E-state index in [-0.39, 0.29) is 77.9 Å². The summed E-state index contributed by atoms with van der Waals surface area (Å²) in [5.41, 5.74) is 5.02. The number of primary amides is 1. The minimum atomic E-state index is -2.00. The number of benzene rings is 2. The van der Waals surface area contributed by atoms with Gasteiger partial charge in [0.05, 0.1) is 48.6 Å². The summed E-state index contributed by atoms with van der Waals surface area (Å²) < 4.78 is 28.6. The minimum Gasteiger partial charge on any atom is -0.495 e. The van der Waals surface area contributed by atoms with Crippen molar-refractivity contribution in [3.8, 4) is 5.75 Å². The number of hydrogen-bond donors (Lipinski definition) is 8. The number of aliphatic hydroxyl groups excluding tert-OH is 1. The van der Waals surface area contributed by atoms with Crippen LogP contribution in [0.3, 0.4) is 0 Å². The molecule has 24 nitrogen and oxygen atoms in total. The molecular formula is C61H87Br2ClN8O16. The molecule has 2 heterocycles. The molecule has 1 fully saturated rings. The normalized spacial score (nSPS) is 23.1. The third-order valence-corrected chi connectivity index (χ3v) is 17.6. The zero-order valence-corrected chi connectivity index (χ0v) is 55.8. The van der Waals surface area contributed by atoms with E-state index in [9.17, 15) is 53.4 Å². The second kappa shape index (κ2) is 35.2. The number of carbonyl (C=O) groups excluding carboxylic acids is 9. The molecule has 27 heteroatoms. The van der Waals surface area contributed by atoms with Crippen LogP contribution in [0.25, 0.3) is 0 Å². The van der Waals surface area contributed by atoms with Crippen molar-refractivity contribution in [3.05, 3.63) is 76.3 Å². The van der Waals surface area contributed by atoms with Crippen LogP contribution in [0.5, 0.6) is 5.75 Å². The van der Waals surface area contributed by atoms with Gasteiger partial charge in [-0.1, -0.05) is 107 Å². The smallest absolute Gasteiger partial charge is 0.409 e. The molecular weight excluding hydrogens is 1300 g/mol. The number of nitrogens with zero attached hydrogens (tertiary/aromatic N) is 2. The maximum Gasteiger partial charge on any atom is 0.409 e. The number of unbranched alkanes of at least 4 members (excludes halogenated alkanes) is 1. The molecule has 2 aromatic carbocycles. The van der Waals surface area contributed by atoms with Crippen LogP contribution < -0.4 is 42.0 Å². The van der Waals surface area contributed by atoms with Crippen LogP contribution in [0.1, 0.15) is 116 Å². The van der Waals surface area contributed by atoms with E-state index in [2.05, 4.69) is 58.4 Å². The first kappa shape index (κ1) is 74.1. The van der Waals surface area contributed by atoms with E-state index in [4.69, 9.17) is 41.0 Å². The van der Waals surface area contributed by atoms with Crippen LogP contribution in [0.15, 0.2) is 60.2 Å². The second-order valence-corrected chi connectivity index (χ2v) is 24.5. The molecule has 488 valence electrons. The molecule has 1 unspecified atom stereocenters. The summed E-state index contributed by atoms with van der Waals surface area (Å²) in [5.74, 6) is -7.07. The highest BCUT2D eigenvalue weighted by atomic mass is 79.9. The summed E-state index contributed by atoms with van der Waals surface area (Å²) in [6, 6.07) is 4.83. The Morgan fingerprint density at radius 2 is 1.64 bits per heavy atom. The Morgan fingerprint density at radius 1 is 0.955 bits per heavy atom. The van der Waals surface area contributed by atoms with E-state index in [1.807, 2.05) is 6.92 Å². The summed E-state index contributed by atoms with van der Waals surface area (Å²) in [6.07, 6.45) is -0.0838. The van der Waals surface area contributed by atoms with Gasteiger partial charge in [0.15, 0.2) is 5.72 Å². The van der Waals surface area contributed by atoms with Crippen molar-refractivity contribution < 1.29 is 77.0 Å². The quantitative estimate of drug-likeness (QED) is 0.0225. The average molecular weight is 1380 g/mol. The number of nitrogens with two attached hydrogens (primary N) is 1. The lowest BCUT2D eigenvalue weighted by molar-refractivity contribution is -0.165. The number of urea groups is 1. The number of rotatable bonds is 25. The molecule has 88 heavy (non-hydrogen) atoms. The number of ether oxygens (including phenoxy) is 5. The van der Waals surface area contributed by atoms with Gasteiger partial charge in [0.2, 0.25) is 23.6 Å². The van der Waals surface area contributed by atoms with Crippen LogP contribution in [0, 0.1) is 23.7 Å². The first-order valence-electron chi connectivity index (χ1n) is 29.2. The second-order valence-electron chi connectivity index (χ2n) is 22.8. The molecule has 0 aliphatic carbocycles. The van der Waals surface area contributed by atoms with Gasteiger partial charge in [-0.25, -0.2) is 14.4 Å². The highest BCUT2D eigenvalue weighted by molar-refractivity contribution is 9.09. The lowest BCUT2D eigenvalue weighted by Crippen LogP contribution is -2.64. The van der Waals surface area contributed by atoms with Crippen molar-refractivity contribution in [2.45, 2.75) is 161 Å².